The standard InChI is InChI=1S/C29H34N2O6/c1-4-16-37-23-9-6-21(7-10-23)26-25(27(32)22-8-11-24(36-5-2)20(3)19-22)28(33)29(34)31(26)13-12-30-14-17-35-18-15-30/h4,6-11,19,26,32H,1,5,12-18H2,2-3H3/b27-25-. The number of aliphatic hydroxyl groups excluding tert-OH is 1. The third-order valence-corrected chi connectivity index (χ3v) is 6.61. The highest BCUT2D eigenvalue weighted by Gasteiger charge is 2.46. The summed E-state index contributed by atoms with van der Waals surface area (Å²) in [7, 11) is 0. The highest BCUT2D eigenvalue weighted by atomic mass is 16.5. The maximum Gasteiger partial charge on any atom is 0.295 e. The van der Waals surface area contributed by atoms with E-state index < -0.39 is 17.7 Å². The Bertz CT molecular complexity index is 1170. The van der Waals surface area contributed by atoms with Crippen LogP contribution in [0.1, 0.15) is 29.7 Å². The molecule has 2 heterocycles. The van der Waals surface area contributed by atoms with E-state index in [0.29, 0.717) is 56.6 Å². The number of rotatable bonds is 10. The number of amides is 1. The molecule has 8 nitrogen and oxygen atoms in total. The quantitative estimate of drug-likeness (QED) is 0.227. The summed E-state index contributed by atoms with van der Waals surface area (Å²) in [5, 5.41) is 11.4. The van der Waals surface area contributed by atoms with E-state index in [1.54, 1.807) is 41.3 Å². The summed E-state index contributed by atoms with van der Waals surface area (Å²) in [6, 6.07) is 11.8. The van der Waals surface area contributed by atoms with E-state index in [-0.39, 0.29) is 11.3 Å². The van der Waals surface area contributed by atoms with Gasteiger partial charge >= 0.3 is 0 Å². The normalized spacial score (nSPS) is 19.7. The van der Waals surface area contributed by atoms with Crippen LogP contribution in [0.15, 0.2) is 60.7 Å². The van der Waals surface area contributed by atoms with Gasteiger partial charge < -0.3 is 24.2 Å². The molecule has 1 amide bonds. The van der Waals surface area contributed by atoms with Crippen LogP contribution in [0.4, 0.5) is 0 Å². The fourth-order valence-corrected chi connectivity index (χ4v) is 4.70. The third-order valence-electron chi connectivity index (χ3n) is 6.61. The minimum atomic E-state index is -0.721. The second kappa shape index (κ2) is 12.1. The molecule has 1 N–H and O–H groups in total. The average molecular weight is 507 g/mol. The molecule has 2 saturated heterocycles. The van der Waals surface area contributed by atoms with Gasteiger partial charge in [0, 0.05) is 31.7 Å². The summed E-state index contributed by atoms with van der Waals surface area (Å²) in [6.07, 6.45) is 1.66. The Morgan fingerprint density at radius 2 is 1.84 bits per heavy atom. The van der Waals surface area contributed by atoms with Gasteiger partial charge in [0.05, 0.1) is 31.4 Å². The molecule has 0 spiro atoms. The summed E-state index contributed by atoms with van der Waals surface area (Å²) in [5.74, 6) is -0.152. The van der Waals surface area contributed by atoms with Crippen molar-refractivity contribution in [3.63, 3.8) is 0 Å². The minimum absolute atomic E-state index is 0.0790. The van der Waals surface area contributed by atoms with E-state index >= 15 is 0 Å². The largest absolute Gasteiger partial charge is 0.507 e. The maximum absolute atomic E-state index is 13.3. The molecule has 37 heavy (non-hydrogen) atoms. The fraction of sp³-hybridized carbons (Fsp3) is 0.379. The summed E-state index contributed by atoms with van der Waals surface area (Å²) >= 11 is 0. The highest BCUT2D eigenvalue weighted by Crippen LogP contribution is 2.40. The number of nitrogens with zero attached hydrogens (tertiary/aromatic N) is 2. The molecule has 0 saturated carbocycles. The number of hydrogen-bond acceptors (Lipinski definition) is 7. The van der Waals surface area contributed by atoms with Crippen LogP contribution >= 0.6 is 0 Å². The number of ketones is 1. The molecule has 1 unspecified atom stereocenters. The molecule has 2 aliphatic rings. The molecule has 0 aromatic heterocycles. The van der Waals surface area contributed by atoms with Crippen LogP contribution in [-0.4, -0.2) is 79.2 Å². The van der Waals surface area contributed by atoms with Gasteiger partial charge in [-0.25, -0.2) is 0 Å². The summed E-state index contributed by atoms with van der Waals surface area (Å²) in [4.78, 5) is 30.3. The molecular weight excluding hydrogens is 472 g/mol. The van der Waals surface area contributed by atoms with Crippen molar-refractivity contribution in [3.8, 4) is 11.5 Å². The lowest BCUT2D eigenvalue weighted by atomic mass is 9.94. The van der Waals surface area contributed by atoms with Gasteiger partial charge in [0.15, 0.2) is 0 Å². The lowest BCUT2D eigenvalue weighted by Gasteiger charge is -2.31. The maximum atomic E-state index is 13.3. The number of morpholine rings is 1. The molecule has 2 aromatic rings. The third kappa shape index (κ3) is 5.87. The van der Waals surface area contributed by atoms with Crippen LogP contribution < -0.4 is 9.47 Å². The van der Waals surface area contributed by atoms with Crippen LogP contribution in [0.25, 0.3) is 5.76 Å². The molecule has 0 radical (unpaired) electrons. The van der Waals surface area contributed by atoms with E-state index in [2.05, 4.69) is 11.5 Å². The van der Waals surface area contributed by atoms with E-state index in [0.717, 1.165) is 24.2 Å². The Labute approximate surface area is 217 Å². The van der Waals surface area contributed by atoms with Crippen molar-refractivity contribution in [1.29, 1.82) is 0 Å². The monoisotopic (exact) mass is 506 g/mol. The Balaban J connectivity index is 1.72. The molecule has 1 atom stereocenters. The SMILES string of the molecule is C=CCOc1ccc(C2/C(=C(/O)c3ccc(OCC)c(C)c3)C(=O)C(=O)N2CCN2CCOCC2)cc1. The van der Waals surface area contributed by atoms with Crippen LogP contribution in [-0.2, 0) is 14.3 Å². The summed E-state index contributed by atoms with van der Waals surface area (Å²) in [6.45, 7) is 12.1. The molecule has 2 fully saturated rings. The van der Waals surface area contributed by atoms with E-state index in [9.17, 15) is 14.7 Å². The van der Waals surface area contributed by atoms with Crippen LogP contribution in [0.3, 0.4) is 0 Å². The van der Waals surface area contributed by atoms with Gasteiger partial charge in [0.1, 0.15) is 23.9 Å². The first kappa shape index (κ1) is 26.4. The van der Waals surface area contributed by atoms with Gasteiger partial charge in [-0.1, -0.05) is 24.8 Å². The van der Waals surface area contributed by atoms with Crippen molar-refractivity contribution in [2.45, 2.75) is 19.9 Å². The zero-order chi connectivity index (χ0) is 26.4. The lowest BCUT2D eigenvalue weighted by Crippen LogP contribution is -2.42. The van der Waals surface area contributed by atoms with Gasteiger partial charge in [-0.3, -0.25) is 14.5 Å². The first-order valence-electron chi connectivity index (χ1n) is 12.6. The fourth-order valence-electron chi connectivity index (χ4n) is 4.70. The number of aliphatic hydroxyl groups is 1. The predicted octanol–water partition coefficient (Wildman–Crippen LogP) is 3.71. The number of hydrogen-bond donors (Lipinski definition) is 1. The van der Waals surface area contributed by atoms with Crippen molar-refractivity contribution in [1.82, 2.24) is 9.80 Å². The summed E-state index contributed by atoms with van der Waals surface area (Å²) in [5.41, 5.74) is 2.09. The van der Waals surface area contributed by atoms with Gasteiger partial charge in [-0.05, 0) is 55.3 Å². The summed E-state index contributed by atoms with van der Waals surface area (Å²) < 4.78 is 16.6. The number of likely N-dealkylation sites (tertiary alicyclic amines) is 1. The number of benzene rings is 2. The van der Waals surface area contributed by atoms with E-state index in [1.165, 1.54) is 0 Å². The second-order valence-corrected chi connectivity index (χ2v) is 9.03. The van der Waals surface area contributed by atoms with Crippen LogP contribution in [0.5, 0.6) is 11.5 Å². The van der Waals surface area contributed by atoms with Crippen molar-refractivity contribution < 1.29 is 28.9 Å². The number of aryl methyl sites for hydroxylation is 1. The van der Waals surface area contributed by atoms with Crippen molar-refractivity contribution in [2.24, 2.45) is 0 Å². The first-order chi connectivity index (χ1) is 17.9. The Kier molecular flexibility index (Phi) is 8.63. The molecule has 196 valence electrons. The molecular formula is C29H34N2O6. The highest BCUT2D eigenvalue weighted by molar-refractivity contribution is 6.46. The van der Waals surface area contributed by atoms with Gasteiger partial charge in [0.2, 0.25) is 0 Å². The van der Waals surface area contributed by atoms with Crippen LogP contribution in [0, 0.1) is 6.92 Å². The van der Waals surface area contributed by atoms with Crippen molar-refractivity contribution in [2.75, 3.05) is 52.6 Å². The van der Waals surface area contributed by atoms with E-state index in [1.807, 2.05) is 26.0 Å². The van der Waals surface area contributed by atoms with Gasteiger partial charge in [-0.2, -0.15) is 0 Å². The average Bonchev–Trinajstić information content (AvgIpc) is 3.17. The molecule has 4 rings (SSSR count). The molecule has 2 aromatic carbocycles. The van der Waals surface area contributed by atoms with Crippen molar-refractivity contribution in [3.05, 3.63) is 77.4 Å². The zero-order valence-electron chi connectivity index (χ0n) is 21.4. The molecule has 2 aliphatic heterocycles. The topological polar surface area (TPSA) is 88.5 Å². The smallest absolute Gasteiger partial charge is 0.295 e. The van der Waals surface area contributed by atoms with Gasteiger partial charge in [-0.15, -0.1) is 0 Å². The minimum Gasteiger partial charge on any atom is -0.507 e. The zero-order valence-corrected chi connectivity index (χ0v) is 21.4. The number of carbonyl (C=O) groups is 2. The first-order valence-corrected chi connectivity index (χ1v) is 12.6. The lowest BCUT2D eigenvalue weighted by molar-refractivity contribution is -0.140. The van der Waals surface area contributed by atoms with Crippen molar-refractivity contribution >= 4 is 17.4 Å². The second-order valence-electron chi connectivity index (χ2n) is 9.03. The van der Waals surface area contributed by atoms with Crippen LogP contribution in [0.2, 0.25) is 0 Å². The predicted molar refractivity (Wildman–Crippen MR) is 141 cm³/mol. The Hall–Kier alpha value is -3.62. The Morgan fingerprint density at radius 1 is 1.11 bits per heavy atom. The molecule has 0 aliphatic carbocycles. The van der Waals surface area contributed by atoms with Gasteiger partial charge in [0.25, 0.3) is 11.7 Å². The Morgan fingerprint density at radius 3 is 2.49 bits per heavy atom. The number of carbonyl (C=O) groups excluding carboxylic acids is 2. The molecule has 8 heteroatoms. The number of Topliss-reactive ketones (excluding diaryl/α,β-unsaturated/α-hetero) is 1. The van der Waals surface area contributed by atoms with E-state index in [4.69, 9.17) is 14.2 Å². The molecule has 0 bridgehead atoms. The number of ether oxygens (including phenoxy) is 3.